The molecule has 0 unspecified atom stereocenters. The summed E-state index contributed by atoms with van der Waals surface area (Å²) in [5.74, 6) is 1.22. The van der Waals surface area contributed by atoms with Crippen molar-refractivity contribution in [2.24, 2.45) is 11.8 Å². The van der Waals surface area contributed by atoms with E-state index in [1.54, 1.807) is 52.6 Å². The lowest BCUT2D eigenvalue weighted by molar-refractivity contribution is -0.129. The van der Waals surface area contributed by atoms with Gasteiger partial charge < -0.3 is 49.0 Å². The Morgan fingerprint density at radius 3 is 1.41 bits per heavy atom. The molecule has 4 aromatic heterocycles. The van der Waals surface area contributed by atoms with Gasteiger partial charge in [-0.2, -0.15) is 9.97 Å². The van der Waals surface area contributed by atoms with Crippen LogP contribution in [-0.4, -0.2) is 183 Å². The van der Waals surface area contributed by atoms with Crippen LogP contribution < -0.4 is 26.2 Å². The second-order valence-electron chi connectivity index (χ2n) is 24.1. The molecule has 10 rings (SSSR count). The number of nitrogens with zero attached hydrogens (tertiary/aromatic N) is 12. The maximum absolute atomic E-state index is 12.8. The summed E-state index contributed by atoms with van der Waals surface area (Å²) in [6.07, 6.45) is 6.33. The van der Waals surface area contributed by atoms with Crippen LogP contribution in [0.25, 0.3) is 22.1 Å². The molecule has 6 aromatic rings. The number of likely N-dealkylation sites (tertiary alicyclic amines) is 2. The average molecular weight is 1200 g/mol. The number of hydrogen-bond acceptors (Lipinski definition) is 18. The predicted molar refractivity (Wildman–Crippen MR) is 327 cm³/mol. The van der Waals surface area contributed by atoms with Gasteiger partial charge in [-0.15, -0.1) is 0 Å². The highest BCUT2D eigenvalue weighted by Crippen LogP contribution is 2.27. The molecule has 1 N–H and O–H groups in total. The molecule has 4 aliphatic rings. The Labute approximate surface area is 501 Å². The lowest BCUT2D eigenvalue weighted by Crippen LogP contribution is -2.51. The Hall–Kier alpha value is -8.48. The van der Waals surface area contributed by atoms with Gasteiger partial charge in [-0.25, -0.2) is 28.0 Å². The molecule has 4 fully saturated rings. The van der Waals surface area contributed by atoms with Gasteiger partial charge in [0.1, 0.15) is 28.8 Å². The van der Waals surface area contributed by atoms with Gasteiger partial charge in [-0.05, 0) is 120 Å². The van der Waals surface area contributed by atoms with Crippen molar-refractivity contribution in [1.29, 1.82) is 0 Å². The highest BCUT2D eigenvalue weighted by molar-refractivity contribution is 7.90. The molecule has 0 spiro atoms. The van der Waals surface area contributed by atoms with Crippen molar-refractivity contribution < 1.29 is 41.9 Å². The topological polar surface area (TPSA) is 265 Å². The third-order valence-electron chi connectivity index (χ3n) is 15.1. The van der Waals surface area contributed by atoms with Crippen molar-refractivity contribution in [3.8, 4) is 0 Å². The summed E-state index contributed by atoms with van der Waals surface area (Å²) in [4.78, 5) is 111. The van der Waals surface area contributed by atoms with Crippen molar-refractivity contribution in [1.82, 2.24) is 48.7 Å². The van der Waals surface area contributed by atoms with Crippen LogP contribution in [0.2, 0.25) is 0 Å². The number of carbonyl (C=O) groups excluding carboxylic acids is 5. The summed E-state index contributed by atoms with van der Waals surface area (Å²) in [6, 6.07) is 22.4. The van der Waals surface area contributed by atoms with Crippen molar-refractivity contribution in [3.05, 3.63) is 111 Å². The summed E-state index contributed by atoms with van der Waals surface area (Å²) < 4.78 is 37.4. The molecule has 0 bridgehead atoms. The summed E-state index contributed by atoms with van der Waals surface area (Å²) >= 11 is 0. The van der Waals surface area contributed by atoms with Gasteiger partial charge in [0.2, 0.25) is 32.8 Å². The zero-order valence-electron chi connectivity index (χ0n) is 50.6. The summed E-state index contributed by atoms with van der Waals surface area (Å²) in [7, 11) is -3.58. The Morgan fingerprint density at radius 1 is 0.581 bits per heavy atom. The number of aryl methyl sites for hydroxylation is 2. The average Bonchev–Trinajstić information content (AvgIpc) is 0.951. The van der Waals surface area contributed by atoms with Crippen LogP contribution in [0.5, 0.6) is 0 Å². The number of carbonyl (C=O) groups is 5. The fourth-order valence-electron chi connectivity index (χ4n) is 10.3. The van der Waals surface area contributed by atoms with Gasteiger partial charge in [-0.3, -0.25) is 28.3 Å². The number of piperazine rings is 2. The maximum atomic E-state index is 12.8. The number of aldehydes is 1. The summed E-state index contributed by atoms with van der Waals surface area (Å²) in [5.41, 5.74) is 3.59. The molecule has 4 saturated heterocycles. The van der Waals surface area contributed by atoms with Crippen molar-refractivity contribution in [3.63, 3.8) is 0 Å². The smallest absolute Gasteiger partial charge is 0.410 e. The predicted octanol–water partition coefficient (Wildman–Crippen LogP) is 6.01. The zero-order valence-corrected chi connectivity index (χ0v) is 51.4. The quantitative estimate of drug-likeness (QED) is 0.102. The van der Waals surface area contributed by atoms with Crippen LogP contribution >= 0.6 is 0 Å². The molecule has 4 aliphatic heterocycles. The summed E-state index contributed by atoms with van der Waals surface area (Å²) in [5, 5.41) is 4.33. The third kappa shape index (κ3) is 17.1. The van der Waals surface area contributed by atoms with E-state index in [4.69, 9.17) is 9.47 Å². The Balaban J connectivity index is 0.000000181. The lowest BCUT2D eigenvalue weighted by Gasteiger charge is -2.39. The van der Waals surface area contributed by atoms with E-state index < -0.39 is 21.0 Å². The van der Waals surface area contributed by atoms with Gasteiger partial charge in [0.15, 0.2) is 0 Å². The number of amides is 4. The Bertz CT molecular complexity index is 3630. The molecule has 460 valence electrons. The van der Waals surface area contributed by atoms with E-state index in [1.165, 1.54) is 16.8 Å². The first-order valence-electron chi connectivity index (χ1n) is 29.0. The normalized spacial score (nSPS) is 15.8. The number of anilines is 4. The number of nitrogens with one attached hydrogen (secondary N) is 1. The van der Waals surface area contributed by atoms with Crippen LogP contribution in [0.4, 0.5) is 32.6 Å². The zero-order chi connectivity index (χ0) is 62.1. The number of sulfone groups is 1. The highest BCUT2D eigenvalue weighted by Gasteiger charge is 2.35. The van der Waals surface area contributed by atoms with E-state index in [2.05, 4.69) is 35.1 Å². The van der Waals surface area contributed by atoms with E-state index in [-0.39, 0.29) is 46.2 Å². The fraction of sp³-hybridized carbons (Fsp3) is 0.492. The molecule has 4 amide bonds. The monoisotopic (exact) mass is 1200 g/mol. The van der Waals surface area contributed by atoms with Gasteiger partial charge in [0.05, 0.1) is 0 Å². The van der Waals surface area contributed by atoms with Crippen LogP contribution in [0, 0.1) is 11.8 Å². The van der Waals surface area contributed by atoms with Gasteiger partial charge in [-0.1, -0.05) is 12.1 Å². The van der Waals surface area contributed by atoms with Gasteiger partial charge >= 0.3 is 12.2 Å². The molecule has 86 heavy (non-hydrogen) atoms. The number of hydrogen-bond donors (Lipinski definition) is 1. The first-order chi connectivity index (χ1) is 40.7. The second-order valence-corrected chi connectivity index (χ2v) is 26.0. The summed E-state index contributed by atoms with van der Waals surface area (Å²) in [6.45, 7) is 23.9. The Morgan fingerprint density at radius 2 is 1.00 bits per heavy atom. The minimum Gasteiger partial charge on any atom is -0.444 e. The van der Waals surface area contributed by atoms with Crippen LogP contribution in [0.3, 0.4) is 0 Å². The van der Waals surface area contributed by atoms with Crippen molar-refractivity contribution in [2.45, 2.75) is 104 Å². The second kappa shape index (κ2) is 27.3. The van der Waals surface area contributed by atoms with E-state index in [0.717, 1.165) is 99.3 Å². The van der Waals surface area contributed by atoms with E-state index in [0.29, 0.717) is 80.7 Å². The number of pyridine rings is 2. The molecule has 24 nitrogen and oxygen atoms in total. The highest BCUT2D eigenvalue weighted by atomic mass is 32.2. The maximum Gasteiger partial charge on any atom is 0.410 e. The van der Waals surface area contributed by atoms with Crippen molar-refractivity contribution in [2.75, 3.05) is 99.9 Å². The number of fused-ring (bicyclic) bond motifs is 2. The molecule has 0 atom stereocenters. The standard InChI is InChI=1S/C29H37N7O4.C18H24N4O5S.C14H18N2O2/c1-20(37)33-13-15-34(16-14-33)24-8-6-23(7-9-24)31-27-30-17-22-5-10-25(38)36(26(22)32-27)12-11-21-18-35(19-21)28(39)40-29(2,3)4;1-18(2,3)27-17(24)21-10-12(11-21)7-8-22-14(23)6-5-13-9-19-16(20-15(13)22)28(4,25)26;1-12(18)15-7-9-16(10-8-15)14-4-2-13(3-5-14)6-11-17/h5-10,17,21H,11-16,18-19H2,1-4H3,(H,30,31,32);5-6,9,12H,7-8,10-11H2,1-4H3;2-5,11H,6-10H2,1H3. The number of aromatic nitrogens is 6. The fourth-order valence-corrected chi connectivity index (χ4v) is 10.8. The first-order valence-corrected chi connectivity index (χ1v) is 30.9. The largest absolute Gasteiger partial charge is 0.444 e. The Kier molecular flexibility index (Phi) is 20.1. The van der Waals surface area contributed by atoms with Crippen molar-refractivity contribution >= 4 is 85.2 Å². The van der Waals surface area contributed by atoms with E-state index >= 15 is 0 Å². The first kappa shape index (κ1) is 63.5. The van der Waals surface area contributed by atoms with Gasteiger partial charge in [0, 0.05) is 171 Å². The number of ether oxygens (including phenoxy) is 2. The number of rotatable bonds is 13. The molecule has 2 aromatic carbocycles. The molecule has 0 radical (unpaired) electrons. The molecule has 0 saturated carbocycles. The number of benzene rings is 2. The molecule has 25 heteroatoms. The van der Waals surface area contributed by atoms with E-state index in [9.17, 15) is 42.0 Å². The third-order valence-corrected chi connectivity index (χ3v) is 15.9. The molecule has 8 heterocycles. The SMILES string of the molecule is CC(=O)N1CCN(c2ccc(CC=O)cc2)CC1.CC(=O)N1CCN(c2ccc(Nc3ncc4ccc(=O)n(CCC5CN(C(=O)OC(C)(C)C)C5)c4n3)cc2)CC1.CC(C)(C)OC(=O)N1CC(CCn2c(=O)ccc3cnc(S(C)(=O)=O)nc32)C1. The van der Waals surface area contributed by atoms with Crippen LogP contribution in [-0.2, 0) is 53.2 Å². The molecular weight excluding hydrogens is 1120 g/mol. The van der Waals surface area contributed by atoms with Crippen LogP contribution in [0.15, 0.2) is 99.9 Å². The molecule has 0 aliphatic carbocycles. The van der Waals surface area contributed by atoms with E-state index in [1.807, 2.05) is 99.9 Å². The molecular formula is C61H79N13O11S. The van der Waals surface area contributed by atoms with Crippen LogP contribution in [0.1, 0.15) is 73.8 Å². The lowest BCUT2D eigenvalue weighted by atomic mass is 9.97. The minimum absolute atomic E-state index is 0.116. The minimum atomic E-state index is -3.58. The van der Waals surface area contributed by atoms with Gasteiger partial charge in [0.25, 0.3) is 11.1 Å².